The average Bonchev–Trinajstić information content (AvgIpc) is 4.00. The van der Waals surface area contributed by atoms with Crippen molar-refractivity contribution < 1.29 is 45.5 Å². The van der Waals surface area contributed by atoms with Gasteiger partial charge in [-0.05, 0) is 92.7 Å². The number of allylic oxidation sites excluding steroid dienone is 1. The van der Waals surface area contributed by atoms with Crippen LogP contribution >= 0.6 is 0 Å². The number of imide groups is 1. The van der Waals surface area contributed by atoms with Crippen LogP contribution in [-0.4, -0.2) is 121 Å². The molecule has 0 bridgehead atoms. The first-order valence-electron chi connectivity index (χ1n) is 21.4. The number of piperidine rings is 1. The molecule has 338 valence electrons. The summed E-state index contributed by atoms with van der Waals surface area (Å²) in [4.78, 5) is 65.7. The molecular weight excluding hydrogens is 866 g/mol. The standard InChI is InChI=1S/C46H45F3N8O7S/c1-27-4-13-39(44(59)52-27)57-45(60)33-10-7-31(23-35(33)46(57)61)55-19-17-54(18-20-55)15-2-3-21-64-32-8-5-28(6-9-32)29-22-34-36(25-51-43(34)50-24-29)42(58)40-37(48)11-12-38(41(40)49)53-65(62,63)56-16-14-30(47)26-56/h5-12,22-25,30,39,53H,1-4,13-21,26H2,(H,50,51)(H,52,59)/t30-,39?/m1/s1. The first kappa shape index (κ1) is 43.7. The Bertz CT molecular complexity index is 2850. The number of aromatic amines is 1. The number of nitrogens with zero attached hydrogens (tertiary/aromatic N) is 5. The van der Waals surface area contributed by atoms with E-state index in [4.69, 9.17) is 4.74 Å². The fourth-order valence-corrected chi connectivity index (χ4v) is 10.0. The molecule has 1 unspecified atom stereocenters. The Balaban J connectivity index is 0.754. The molecule has 6 heterocycles. The number of nitrogens with one attached hydrogen (secondary N) is 3. The molecule has 2 atom stereocenters. The van der Waals surface area contributed by atoms with Gasteiger partial charge in [-0.15, -0.1) is 0 Å². The minimum Gasteiger partial charge on any atom is -0.494 e. The highest BCUT2D eigenvalue weighted by Gasteiger charge is 2.44. The number of carbonyl (C=O) groups is 4. The average molecular weight is 911 g/mol. The number of alkyl halides is 1. The number of rotatable bonds is 14. The van der Waals surface area contributed by atoms with Crippen molar-refractivity contribution in [3.05, 3.63) is 119 Å². The molecule has 0 radical (unpaired) electrons. The largest absolute Gasteiger partial charge is 0.494 e. The normalized spacial score (nSPS) is 19.6. The summed E-state index contributed by atoms with van der Waals surface area (Å²) >= 11 is 0. The van der Waals surface area contributed by atoms with Crippen molar-refractivity contribution in [3.8, 4) is 16.9 Å². The summed E-state index contributed by atoms with van der Waals surface area (Å²) in [5, 5.41) is 2.96. The molecule has 2 aromatic heterocycles. The molecule has 3 N–H and O–H groups in total. The van der Waals surface area contributed by atoms with E-state index in [2.05, 4.69) is 31.7 Å². The smallest absolute Gasteiger partial charge is 0.301 e. The fraction of sp³-hybridized carbons (Fsp3) is 0.326. The van der Waals surface area contributed by atoms with Crippen molar-refractivity contribution in [1.82, 2.24) is 29.4 Å². The molecule has 4 aliphatic heterocycles. The highest BCUT2D eigenvalue weighted by Crippen LogP contribution is 2.33. The van der Waals surface area contributed by atoms with Crippen molar-refractivity contribution in [2.24, 2.45) is 0 Å². The highest BCUT2D eigenvalue weighted by molar-refractivity contribution is 7.90. The third-order valence-corrected chi connectivity index (χ3v) is 13.9. The number of amides is 3. The lowest BCUT2D eigenvalue weighted by atomic mass is 10.00. The van der Waals surface area contributed by atoms with Crippen molar-refractivity contribution in [2.75, 3.05) is 62.0 Å². The van der Waals surface area contributed by atoms with Gasteiger partial charge < -0.3 is 19.9 Å². The predicted octanol–water partition coefficient (Wildman–Crippen LogP) is 5.81. The molecule has 4 aliphatic rings. The summed E-state index contributed by atoms with van der Waals surface area (Å²) < 4.78 is 78.9. The number of anilines is 2. The van der Waals surface area contributed by atoms with Crippen molar-refractivity contribution in [1.29, 1.82) is 0 Å². The van der Waals surface area contributed by atoms with Crippen LogP contribution in [0.2, 0.25) is 0 Å². The number of H-pyrrole nitrogens is 1. The number of halogens is 3. The van der Waals surface area contributed by atoms with Crippen molar-refractivity contribution >= 4 is 56.1 Å². The number of pyridine rings is 1. The van der Waals surface area contributed by atoms with Crippen LogP contribution in [0.25, 0.3) is 22.2 Å². The lowest BCUT2D eigenvalue weighted by Gasteiger charge is -2.36. The van der Waals surface area contributed by atoms with Crippen LogP contribution in [0.4, 0.5) is 24.5 Å². The Kier molecular flexibility index (Phi) is 11.9. The molecule has 3 aromatic carbocycles. The first-order chi connectivity index (χ1) is 31.3. The van der Waals surface area contributed by atoms with E-state index in [1.807, 2.05) is 35.1 Å². The predicted molar refractivity (Wildman–Crippen MR) is 236 cm³/mol. The molecular formula is C46H45F3N8O7S. The second-order valence-electron chi connectivity index (χ2n) is 16.6. The zero-order chi connectivity index (χ0) is 45.6. The van der Waals surface area contributed by atoms with Crippen LogP contribution in [0.15, 0.2) is 85.3 Å². The number of benzene rings is 3. The Hall–Kier alpha value is -6.57. The summed E-state index contributed by atoms with van der Waals surface area (Å²) in [6.45, 7) is 7.85. The number of ketones is 1. The van der Waals surface area contributed by atoms with Crippen molar-refractivity contribution in [3.63, 3.8) is 0 Å². The van der Waals surface area contributed by atoms with Crippen LogP contribution in [0, 0.1) is 11.6 Å². The van der Waals surface area contributed by atoms with Crippen LogP contribution < -0.4 is 19.7 Å². The molecule has 15 nitrogen and oxygen atoms in total. The number of unbranched alkanes of at least 4 members (excludes halogenated alkanes) is 1. The zero-order valence-electron chi connectivity index (χ0n) is 35.1. The lowest BCUT2D eigenvalue weighted by Crippen LogP contribution is -2.51. The number of piperazine rings is 1. The molecule has 3 fully saturated rings. The third kappa shape index (κ3) is 8.70. The van der Waals surface area contributed by atoms with E-state index in [9.17, 15) is 32.0 Å². The Morgan fingerprint density at radius 1 is 0.908 bits per heavy atom. The van der Waals surface area contributed by atoms with Gasteiger partial charge in [0.2, 0.25) is 11.7 Å². The Morgan fingerprint density at radius 2 is 1.68 bits per heavy atom. The van der Waals surface area contributed by atoms with Gasteiger partial charge in [0.05, 0.1) is 29.0 Å². The van der Waals surface area contributed by atoms with Crippen LogP contribution in [0.3, 0.4) is 0 Å². The van der Waals surface area contributed by atoms with Gasteiger partial charge in [0, 0.05) is 79.6 Å². The number of aromatic nitrogens is 2. The lowest BCUT2D eigenvalue weighted by molar-refractivity contribution is -0.125. The fourth-order valence-electron chi connectivity index (χ4n) is 8.77. The number of hydrogen-bond acceptors (Lipinski definition) is 10. The monoisotopic (exact) mass is 910 g/mol. The molecule has 0 aliphatic carbocycles. The maximum absolute atomic E-state index is 15.7. The van der Waals surface area contributed by atoms with E-state index < -0.39 is 69.5 Å². The van der Waals surface area contributed by atoms with Gasteiger partial charge in [-0.2, -0.15) is 12.7 Å². The van der Waals surface area contributed by atoms with Crippen LogP contribution in [-0.2, 0) is 15.0 Å². The summed E-state index contributed by atoms with van der Waals surface area (Å²) in [7, 11) is -4.36. The molecule has 3 saturated heterocycles. The zero-order valence-corrected chi connectivity index (χ0v) is 35.9. The highest BCUT2D eigenvalue weighted by atomic mass is 32.2. The van der Waals surface area contributed by atoms with Gasteiger partial charge in [0.25, 0.3) is 11.8 Å². The van der Waals surface area contributed by atoms with E-state index in [1.54, 1.807) is 24.4 Å². The second-order valence-corrected chi connectivity index (χ2v) is 18.2. The van der Waals surface area contributed by atoms with Gasteiger partial charge in [-0.25, -0.2) is 18.2 Å². The Morgan fingerprint density at radius 3 is 2.42 bits per heavy atom. The van der Waals surface area contributed by atoms with E-state index in [0.717, 1.165) is 78.2 Å². The molecule has 5 aromatic rings. The Labute approximate surface area is 372 Å². The molecule has 3 amide bonds. The van der Waals surface area contributed by atoms with Gasteiger partial charge >= 0.3 is 10.2 Å². The number of hydrogen-bond donors (Lipinski definition) is 3. The van der Waals surface area contributed by atoms with Gasteiger partial charge in [0.1, 0.15) is 29.4 Å². The van der Waals surface area contributed by atoms with E-state index in [1.165, 1.54) is 6.20 Å². The maximum Gasteiger partial charge on any atom is 0.301 e. The quantitative estimate of drug-likeness (QED) is 0.0701. The van der Waals surface area contributed by atoms with Crippen LogP contribution in [0.1, 0.15) is 68.7 Å². The van der Waals surface area contributed by atoms with E-state index in [-0.39, 0.29) is 24.4 Å². The number of fused-ring (bicyclic) bond motifs is 2. The minimum atomic E-state index is -4.36. The molecule has 19 heteroatoms. The topological polar surface area (TPSA) is 177 Å². The first-order valence-corrected chi connectivity index (χ1v) is 22.8. The summed E-state index contributed by atoms with van der Waals surface area (Å²) in [5.74, 6) is -4.23. The van der Waals surface area contributed by atoms with Gasteiger partial charge in [-0.3, -0.25) is 33.7 Å². The van der Waals surface area contributed by atoms with Gasteiger partial charge in [-0.1, -0.05) is 18.7 Å². The minimum absolute atomic E-state index is 0.00414. The molecule has 0 saturated carbocycles. The van der Waals surface area contributed by atoms with Crippen LogP contribution in [0.5, 0.6) is 5.75 Å². The SMILES string of the molecule is C=C1CCC(N2C(=O)c3ccc(N4CCN(CCCCOc5ccc(-c6cnc7[nH]cc(C(=O)c8c(F)ccc(NS(=O)(=O)N9CC[C@@H](F)C9)c8F)c7c6)cc5)CC4)cc3C2=O)C(=O)N1. The molecule has 65 heavy (non-hydrogen) atoms. The van der Waals surface area contributed by atoms with E-state index in [0.29, 0.717) is 58.6 Å². The molecule has 9 rings (SSSR count). The van der Waals surface area contributed by atoms with E-state index >= 15 is 8.78 Å². The second kappa shape index (κ2) is 17.8. The summed E-state index contributed by atoms with van der Waals surface area (Å²) in [6, 6.07) is 15.1. The number of ether oxygens (including phenoxy) is 1. The third-order valence-electron chi connectivity index (χ3n) is 12.4. The number of carbonyl (C=O) groups excluding carboxylic acids is 4. The van der Waals surface area contributed by atoms with Crippen molar-refractivity contribution in [2.45, 2.75) is 44.3 Å². The summed E-state index contributed by atoms with van der Waals surface area (Å²) in [6.07, 6.45) is 4.13. The summed E-state index contributed by atoms with van der Waals surface area (Å²) in [5.41, 5.74) is 2.09. The van der Waals surface area contributed by atoms with Gasteiger partial charge in [0.15, 0.2) is 5.82 Å². The maximum atomic E-state index is 15.7. The molecule has 0 spiro atoms.